The second-order valence-electron chi connectivity index (χ2n) is 9.29. The van der Waals surface area contributed by atoms with Crippen LogP contribution in [0.2, 0.25) is 0 Å². The number of hydrogen-bond donors (Lipinski definition) is 0. The SMILES string of the molecule is CC(CCC1CCCO1)OC(=O)CCCCCCCC(=O)OC(C)CCC1CCCO1. The molecule has 0 aromatic heterocycles. The Labute approximate surface area is 188 Å². The van der Waals surface area contributed by atoms with E-state index in [-0.39, 0.29) is 24.1 Å². The molecule has 2 aliphatic heterocycles. The molecular weight excluding hydrogens is 396 g/mol. The van der Waals surface area contributed by atoms with Gasteiger partial charge in [0.25, 0.3) is 0 Å². The highest BCUT2D eigenvalue weighted by Crippen LogP contribution is 2.20. The lowest BCUT2D eigenvalue weighted by atomic mass is 10.1. The van der Waals surface area contributed by atoms with Crippen molar-refractivity contribution in [1.82, 2.24) is 0 Å². The van der Waals surface area contributed by atoms with Crippen LogP contribution in [0.1, 0.15) is 110 Å². The van der Waals surface area contributed by atoms with E-state index in [1.807, 2.05) is 13.8 Å². The number of carbonyl (C=O) groups is 2. The number of ether oxygens (including phenoxy) is 4. The summed E-state index contributed by atoms with van der Waals surface area (Å²) in [5.74, 6) is -0.194. The molecule has 0 spiro atoms. The van der Waals surface area contributed by atoms with E-state index < -0.39 is 0 Å². The van der Waals surface area contributed by atoms with Gasteiger partial charge in [-0.05, 0) is 78.1 Å². The van der Waals surface area contributed by atoms with Crippen molar-refractivity contribution in [3.8, 4) is 0 Å². The van der Waals surface area contributed by atoms with E-state index in [1.54, 1.807) is 0 Å². The predicted molar refractivity (Wildman–Crippen MR) is 120 cm³/mol. The molecule has 2 aliphatic rings. The molecule has 2 fully saturated rings. The molecule has 2 heterocycles. The van der Waals surface area contributed by atoms with Crippen LogP contribution in [0, 0.1) is 0 Å². The third kappa shape index (κ3) is 12.5. The van der Waals surface area contributed by atoms with Crippen molar-refractivity contribution < 1.29 is 28.5 Å². The Morgan fingerprint density at radius 1 is 0.742 bits per heavy atom. The van der Waals surface area contributed by atoms with E-state index in [0.29, 0.717) is 25.0 Å². The number of hydrogen-bond acceptors (Lipinski definition) is 6. The van der Waals surface area contributed by atoms with Crippen LogP contribution < -0.4 is 0 Å². The Bertz CT molecular complexity index is 452. The van der Waals surface area contributed by atoms with Crippen molar-refractivity contribution in [2.45, 2.75) is 135 Å². The third-order valence-corrected chi connectivity index (χ3v) is 6.27. The Hall–Kier alpha value is -1.14. The van der Waals surface area contributed by atoms with Gasteiger partial charge in [-0.3, -0.25) is 9.59 Å². The van der Waals surface area contributed by atoms with Gasteiger partial charge in [0, 0.05) is 26.1 Å². The quantitative estimate of drug-likeness (QED) is 0.233. The minimum Gasteiger partial charge on any atom is -0.463 e. The Balaban J connectivity index is 1.37. The fourth-order valence-corrected chi connectivity index (χ4v) is 4.34. The summed E-state index contributed by atoms with van der Waals surface area (Å²) in [6.07, 6.45) is 14.6. The second-order valence-corrected chi connectivity index (χ2v) is 9.29. The molecule has 6 heteroatoms. The molecule has 0 amide bonds. The van der Waals surface area contributed by atoms with E-state index in [0.717, 1.165) is 96.7 Å². The van der Waals surface area contributed by atoms with Gasteiger partial charge in [0.15, 0.2) is 0 Å². The molecule has 0 radical (unpaired) electrons. The van der Waals surface area contributed by atoms with Crippen LogP contribution in [0.4, 0.5) is 0 Å². The monoisotopic (exact) mass is 440 g/mol. The van der Waals surface area contributed by atoms with Gasteiger partial charge in [0.05, 0.1) is 24.4 Å². The van der Waals surface area contributed by atoms with Crippen LogP contribution in [-0.2, 0) is 28.5 Å². The van der Waals surface area contributed by atoms with Crippen molar-refractivity contribution >= 4 is 11.9 Å². The topological polar surface area (TPSA) is 71.1 Å². The van der Waals surface area contributed by atoms with Crippen LogP contribution in [0.5, 0.6) is 0 Å². The number of rotatable bonds is 16. The van der Waals surface area contributed by atoms with Crippen molar-refractivity contribution in [3.63, 3.8) is 0 Å². The normalized spacial score (nSPS) is 22.9. The van der Waals surface area contributed by atoms with Crippen molar-refractivity contribution in [2.75, 3.05) is 13.2 Å². The fourth-order valence-electron chi connectivity index (χ4n) is 4.34. The average molecular weight is 441 g/mol. The van der Waals surface area contributed by atoms with Gasteiger partial charge in [0.2, 0.25) is 0 Å². The summed E-state index contributed by atoms with van der Waals surface area (Å²) in [7, 11) is 0. The molecule has 0 N–H and O–H groups in total. The molecule has 0 bridgehead atoms. The highest BCUT2D eigenvalue weighted by atomic mass is 16.5. The van der Waals surface area contributed by atoms with Gasteiger partial charge in [-0.2, -0.15) is 0 Å². The van der Waals surface area contributed by atoms with E-state index in [4.69, 9.17) is 18.9 Å². The zero-order chi connectivity index (χ0) is 22.3. The summed E-state index contributed by atoms with van der Waals surface area (Å²) >= 11 is 0. The molecule has 31 heavy (non-hydrogen) atoms. The first-order chi connectivity index (χ1) is 15.0. The van der Waals surface area contributed by atoms with E-state index >= 15 is 0 Å². The largest absolute Gasteiger partial charge is 0.463 e. The highest BCUT2D eigenvalue weighted by molar-refractivity contribution is 5.69. The van der Waals surface area contributed by atoms with Crippen LogP contribution >= 0.6 is 0 Å². The van der Waals surface area contributed by atoms with Crippen molar-refractivity contribution in [1.29, 1.82) is 0 Å². The smallest absolute Gasteiger partial charge is 0.306 e. The van der Waals surface area contributed by atoms with Crippen molar-refractivity contribution in [3.05, 3.63) is 0 Å². The molecule has 0 aromatic rings. The maximum Gasteiger partial charge on any atom is 0.306 e. The van der Waals surface area contributed by atoms with Crippen molar-refractivity contribution in [2.24, 2.45) is 0 Å². The first kappa shape index (κ1) is 26.1. The Kier molecular flexibility index (Phi) is 13.2. The third-order valence-electron chi connectivity index (χ3n) is 6.27. The van der Waals surface area contributed by atoms with Gasteiger partial charge < -0.3 is 18.9 Å². The summed E-state index contributed by atoms with van der Waals surface area (Å²) in [5, 5.41) is 0. The van der Waals surface area contributed by atoms with Gasteiger partial charge in [-0.1, -0.05) is 19.3 Å². The maximum atomic E-state index is 11.9. The summed E-state index contributed by atoms with van der Waals surface area (Å²) in [5.41, 5.74) is 0. The lowest BCUT2D eigenvalue weighted by Gasteiger charge is -2.16. The predicted octanol–water partition coefficient (Wildman–Crippen LogP) is 5.50. The molecule has 4 atom stereocenters. The second kappa shape index (κ2) is 15.6. The first-order valence-electron chi connectivity index (χ1n) is 12.6. The number of carbonyl (C=O) groups excluding carboxylic acids is 2. The molecule has 6 nitrogen and oxygen atoms in total. The van der Waals surface area contributed by atoms with Crippen LogP contribution in [0.25, 0.3) is 0 Å². The zero-order valence-corrected chi connectivity index (χ0v) is 19.8. The summed E-state index contributed by atoms with van der Waals surface area (Å²) in [6.45, 7) is 5.68. The fraction of sp³-hybridized carbons (Fsp3) is 0.920. The lowest BCUT2D eigenvalue weighted by Crippen LogP contribution is -2.17. The molecule has 180 valence electrons. The molecule has 0 saturated carbocycles. The van der Waals surface area contributed by atoms with E-state index in [2.05, 4.69) is 0 Å². The maximum absolute atomic E-state index is 11.9. The van der Waals surface area contributed by atoms with Gasteiger partial charge in [-0.25, -0.2) is 0 Å². The molecule has 2 rings (SSSR count). The summed E-state index contributed by atoms with van der Waals surface area (Å²) in [6, 6.07) is 0. The van der Waals surface area contributed by atoms with Crippen LogP contribution in [-0.4, -0.2) is 49.6 Å². The highest BCUT2D eigenvalue weighted by Gasteiger charge is 2.19. The standard InChI is InChI=1S/C25H44O6/c1-20(14-16-22-10-8-18-28-22)30-24(26)12-6-4-3-5-7-13-25(27)31-21(2)15-17-23-11-9-19-29-23/h20-23H,3-19H2,1-2H3. The van der Waals surface area contributed by atoms with Crippen LogP contribution in [0.3, 0.4) is 0 Å². The molecule has 2 saturated heterocycles. The minimum absolute atomic E-state index is 0.0317. The summed E-state index contributed by atoms with van der Waals surface area (Å²) < 4.78 is 22.2. The van der Waals surface area contributed by atoms with E-state index in [1.165, 1.54) is 0 Å². The first-order valence-corrected chi connectivity index (χ1v) is 12.6. The molecular formula is C25H44O6. The van der Waals surface area contributed by atoms with Crippen LogP contribution in [0.15, 0.2) is 0 Å². The average Bonchev–Trinajstić information content (AvgIpc) is 3.44. The number of unbranched alkanes of at least 4 members (excludes halogenated alkanes) is 4. The molecule has 0 aliphatic carbocycles. The van der Waals surface area contributed by atoms with Gasteiger partial charge in [-0.15, -0.1) is 0 Å². The minimum atomic E-state index is -0.0968. The van der Waals surface area contributed by atoms with Gasteiger partial charge in [0.1, 0.15) is 0 Å². The van der Waals surface area contributed by atoms with Gasteiger partial charge >= 0.3 is 11.9 Å². The molecule has 4 unspecified atom stereocenters. The summed E-state index contributed by atoms with van der Waals surface area (Å²) in [4.78, 5) is 23.9. The Morgan fingerprint density at radius 3 is 1.55 bits per heavy atom. The number of esters is 2. The molecule has 0 aromatic carbocycles. The Morgan fingerprint density at radius 2 is 1.16 bits per heavy atom. The van der Waals surface area contributed by atoms with E-state index in [9.17, 15) is 9.59 Å². The zero-order valence-electron chi connectivity index (χ0n) is 19.8. The lowest BCUT2D eigenvalue weighted by molar-refractivity contribution is -0.149.